The Morgan fingerprint density at radius 2 is 2.00 bits per heavy atom. The lowest BCUT2D eigenvalue weighted by atomic mass is 10.1. The van der Waals surface area contributed by atoms with Gasteiger partial charge < -0.3 is 5.73 Å². The minimum Gasteiger partial charge on any atom is -0.398 e. The van der Waals surface area contributed by atoms with Gasteiger partial charge in [-0.2, -0.15) is 13.2 Å². The molecule has 0 heterocycles. The number of benzene rings is 1. The monoisotopic (exact) mass is 202 g/mol. The molecule has 0 aliphatic carbocycles. The van der Waals surface area contributed by atoms with Crippen molar-refractivity contribution in [2.24, 2.45) is 5.11 Å². The van der Waals surface area contributed by atoms with E-state index in [2.05, 4.69) is 10.0 Å². The molecule has 0 atom stereocenters. The van der Waals surface area contributed by atoms with Crippen LogP contribution in [0.25, 0.3) is 10.4 Å². The Bertz CT molecular complexity index is 392. The van der Waals surface area contributed by atoms with Gasteiger partial charge in [-0.25, -0.2) is 0 Å². The molecule has 1 aromatic carbocycles. The van der Waals surface area contributed by atoms with E-state index in [1.54, 1.807) is 0 Å². The van der Waals surface area contributed by atoms with Gasteiger partial charge in [-0.05, 0) is 17.7 Å². The minimum absolute atomic E-state index is 0.117. The molecule has 1 rings (SSSR count). The fourth-order valence-electron chi connectivity index (χ4n) is 0.904. The van der Waals surface area contributed by atoms with Crippen molar-refractivity contribution in [3.05, 3.63) is 34.2 Å². The number of nitrogens with two attached hydrogens (primary N) is 1. The zero-order valence-electron chi connectivity index (χ0n) is 6.78. The van der Waals surface area contributed by atoms with Crippen LogP contribution in [0.4, 0.5) is 24.5 Å². The van der Waals surface area contributed by atoms with Crippen LogP contribution < -0.4 is 5.73 Å². The maximum absolute atomic E-state index is 12.3. The number of anilines is 1. The summed E-state index contributed by atoms with van der Waals surface area (Å²) in [6.07, 6.45) is -4.54. The molecule has 0 saturated heterocycles. The van der Waals surface area contributed by atoms with Gasteiger partial charge in [0, 0.05) is 16.3 Å². The fourth-order valence-corrected chi connectivity index (χ4v) is 0.904. The Labute approximate surface area is 76.8 Å². The van der Waals surface area contributed by atoms with Crippen LogP contribution in [-0.4, -0.2) is 0 Å². The number of azide groups is 1. The number of alkyl halides is 3. The summed E-state index contributed by atoms with van der Waals surface area (Å²) in [6, 6.07) is 2.96. The zero-order valence-corrected chi connectivity index (χ0v) is 6.78. The van der Waals surface area contributed by atoms with Crippen LogP contribution in [0.3, 0.4) is 0 Å². The van der Waals surface area contributed by atoms with Crippen molar-refractivity contribution in [1.82, 2.24) is 0 Å². The second-order valence-corrected chi connectivity index (χ2v) is 2.46. The number of hydrogen-bond acceptors (Lipinski definition) is 2. The normalized spacial score (nSPS) is 10.8. The van der Waals surface area contributed by atoms with Gasteiger partial charge in [0.05, 0.1) is 5.56 Å². The molecule has 0 fully saturated rings. The third-order valence-electron chi connectivity index (χ3n) is 1.50. The SMILES string of the molecule is [N-]=[N+]=Nc1ccc(N)c(C(F)(F)F)c1. The minimum atomic E-state index is -4.54. The molecule has 0 aliphatic heterocycles. The molecule has 7 heteroatoms. The summed E-state index contributed by atoms with van der Waals surface area (Å²) in [4.78, 5) is 2.38. The van der Waals surface area contributed by atoms with Crippen molar-refractivity contribution in [2.45, 2.75) is 6.18 Å². The fraction of sp³-hybridized carbons (Fsp3) is 0.143. The topological polar surface area (TPSA) is 74.8 Å². The first-order chi connectivity index (χ1) is 6.45. The Kier molecular flexibility index (Phi) is 2.53. The van der Waals surface area contributed by atoms with E-state index >= 15 is 0 Å². The van der Waals surface area contributed by atoms with Crippen LogP contribution in [-0.2, 0) is 6.18 Å². The van der Waals surface area contributed by atoms with Gasteiger partial charge in [0.15, 0.2) is 0 Å². The van der Waals surface area contributed by atoms with Crippen LogP contribution in [0.15, 0.2) is 23.3 Å². The first kappa shape index (κ1) is 10.2. The molecule has 0 unspecified atom stereocenters. The molecule has 1 aromatic rings. The Morgan fingerprint density at radius 3 is 2.50 bits per heavy atom. The van der Waals surface area contributed by atoms with E-state index in [0.717, 1.165) is 6.07 Å². The van der Waals surface area contributed by atoms with E-state index in [9.17, 15) is 13.2 Å². The molecular formula is C7H5F3N4. The molecule has 14 heavy (non-hydrogen) atoms. The number of nitrogens with zero attached hydrogens (tertiary/aromatic N) is 3. The number of nitrogen functional groups attached to an aromatic ring is 1. The molecule has 0 radical (unpaired) electrons. The van der Waals surface area contributed by atoms with Crippen molar-refractivity contribution in [1.29, 1.82) is 0 Å². The van der Waals surface area contributed by atoms with Crippen LogP contribution in [0, 0.1) is 0 Å². The van der Waals surface area contributed by atoms with Crippen molar-refractivity contribution in [3.8, 4) is 0 Å². The van der Waals surface area contributed by atoms with Gasteiger partial charge in [0.1, 0.15) is 0 Å². The first-order valence-corrected chi connectivity index (χ1v) is 3.47. The molecule has 4 nitrogen and oxygen atoms in total. The largest absolute Gasteiger partial charge is 0.418 e. The standard InChI is InChI=1S/C7H5F3N4/c8-7(9,10)5-3-4(13-14-12)1-2-6(5)11/h1-3H,11H2. The lowest BCUT2D eigenvalue weighted by Crippen LogP contribution is -2.08. The third kappa shape index (κ3) is 2.08. The molecule has 0 spiro atoms. The zero-order chi connectivity index (χ0) is 10.8. The van der Waals surface area contributed by atoms with Crippen LogP contribution in [0.5, 0.6) is 0 Å². The van der Waals surface area contributed by atoms with E-state index in [4.69, 9.17) is 11.3 Å². The number of hydrogen-bond donors (Lipinski definition) is 1. The predicted octanol–water partition coefficient (Wildman–Crippen LogP) is 3.23. The van der Waals surface area contributed by atoms with Crippen LogP contribution in [0.1, 0.15) is 5.56 Å². The van der Waals surface area contributed by atoms with Crippen molar-refractivity contribution in [3.63, 3.8) is 0 Å². The highest BCUT2D eigenvalue weighted by molar-refractivity contribution is 5.56. The highest BCUT2D eigenvalue weighted by Crippen LogP contribution is 2.35. The summed E-state index contributed by atoms with van der Waals surface area (Å²) in [5, 5.41) is 3.05. The third-order valence-corrected chi connectivity index (χ3v) is 1.50. The van der Waals surface area contributed by atoms with Gasteiger partial charge in [-0.15, -0.1) is 0 Å². The van der Waals surface area contributed by atoms with Crippen molar-refractivity contribution in [2.75, 3.05) is 5.73 Å². The molecule has 0 aromatic heterocycles. The van der Waals surface area contributed by atoms with Gasteiger partial charge in [-0.3, -0.25) is 0 Å². The summed E-state index contributed by atoms with van der Waals surface area (Å²) < 4.78 is 36.8. The van der Waals surface area contributed by atoms with E-state index in [1.807, 2.05) is 0 Å². The summed E-state index contributed by atoms with van der Waals surface area (Å²) in [5.74, 6) is 0. The highest BCUT2D eigenvalue weighted by Gasteiger charge is 2.32. The van der Waals surface area contributed by atoms with Crippen molar-refractivity contribution < 1.29 is 13.2 Å². The second-order valence-electron chi connectivity index (χ2n) is 2.46. The summed E-state index contributed by atoms with van der Waals surface area (Å²) in [7, 11) is 0. The second kappa shape index (κ2) is 3.47. The predicted molar refractivity (Wildman–Crippen MR) is 44.7 cm³/mol. The van der Waals surface area contributed by atoms with Gasteiger partial charge in [-0.1, -0.05) is 11.2 Å². The summed E-state index contributed by atoms with van der Waals surface area (Å²) in [5.41, 5.74) is 11.6. The molecule has 74 valence electrons. The number of rotatable bonds is 1. The van der Waals surface area contributed by atoms with Crippen LogP contribution in [0.2, 0.25) is 0 Å². The lowest BCUT2D eigenvalue weighted by molar-refractivity contribution is -0.136. The van der Waals surface area contributed by atoms with E-state index in [1.165, 1.54) is 6.07 Å². The van der Waals surface area contributed by atoms with Crippen molar-refractivity contribution >= 4 is 11.4 Å². The summed E-state index contributed by atoms with van der Waals surface area (Å²) >= 11 is 0. The van der Waals surface area contributed by atoms with Gasteiger partial charge in [0.2, 0.25) is 0 Å². The molecule has 0 bridgehead atoms. The number of halogens is 3. The molecule has 0 saturated carbocycles. The summed E-state index contributed by atoms with van der Waals surface area (Å²) in [6.45, 7) is 0. The Balaban J connectivity index is 3.28. The Hall–Kier alpha value is -1.88. The molecule has 0 amide bonds. The maximum atomic E-state index is 12.3. The maximum Gasteiger partial charge on any atom is 0.418 e. The lowest BCUT2D eigenvalue weighted by Gasteiger charge is -2.09. The molecular weight excluding hydrogens is 197 g/mol. The van der Waals surface area contributed by atoms with Gasteiger partial charge in [0.25, 0.3) is 0 Å². The Morgan fingerprint density at radius 1 is 1.36 bits per heavy atom. The smallest absolute Gasteiger partial charge is 0.398 e. The van der Waals surface area contributed by atoms with E-state index in [0.29, 0.717) is 6.07 Å². The van der Waals surface area contributed by atoms with E-state index in [-0.39, 0.29) is 5.69 Å². The highest BCUT2D eigenvalue weighted by atomic mass is 19.4. The molecule has 0 aliphatic rings. The first-order valence-electron chi connectivity index (χ1n) is 3.47. The quantitative estimate of drug-likeness (QED) is 0.322. The van der Waals surface area contributed by atoms with E-state index < -0.39 is 17.4 Å². The molecule has 2 N–H and O–H groups in total. The average Bonchev–Trinajstić information content (AvgIpc) is 2.07. The average molecular weight is 202 g/mol. The van der Waals surface area contributed by atoms with Gasteiger partial charge >= 0.3 is 6.18 Å². The van der Waals surface area contributed by atoms with Crippen LogP contribution >= 0.6 is 0 Å².